The molecule has 19 heavy (non-hydrogen) atoms. The minimum atomic E-state index is 0.115. The lowest BCUT2D eigenvalue weighted by Crippen LogP contribution is -2.06. The summed E-state index contributed by atoms with van der Waals surface area (Å²) in [7, 11) is 1.50. The van der Waals surface area contributed by atoms with Gasteiger partial charge in [-0.05, 0) is 36.5 Å². The van der Waals surface area contributed by atoms with Crippen LogP contribution >= 0.6 is 0 Å². The first-order valence-corrected chi connectivity index (χ1v) is 6.50. The van der Waals surface area contributed by atoms with Gasteiger partial charge in [-0.3, -0.25) is 5.41 Å². The third-order valence-electron chi connectivity index (χ3n) is 3.58. The van der Waals surface area contributed by atoms with Gasteiger partial charge in [-0.15, -0.1) is 0 Å². The third kappa shape index (κ3) is 2.12. The van der Waals surface area contributed by atoms with Gasteiger partial charge < -0.3 is 4.74 Å². The Hall–Kier alpha value is -2.16. The van der Waals surface area contributed by atoms with Gasteiger partial charge in [-0.2, -0.15) is 0 Å². The van der Waals surface area contributed by atoms with E-state index in [-0.39, 0.29) is 5.90 Å². The predicted molar refractivity (Wildman–Crippen MR) is 75.5 cm³/mol. The predicted octanol–water partition coefficient (Wildman–Crippen LogP) is 3.21. The number of ether oxygens (including phenoxy) is 1. The zero-order valence-corrected chi connectivity index (χ0v) is 10.9. The summed E-state index contributed by atoms with van der Waals surface area (Å²) >= 11 is 0. The maximum absolute atomic E-state index is 7.75. The highest BCUT2D eigenvalue weighted by Crippen LogP contribution is 2.31. The van der Waals surface area contributed by atoms with Crippen molar-refractivity contribution in [2.45, 2.75) is 19.3 Å². The summed E-state index contributed by atoms with van der Waals surface area (Å²) in [6.45, 7) is 0. The normalized spacial score (nSPS) is 13.1. The van der Waals surface area contributed by atoms with Crippen LogP contribution in [0.5, 0.6) is 0 Å². The molecule has 0 atom stereocenters. The van der Waals surface area contributed by atoms with Crippen molar-refractivity contribution in [3.63, 3.8) is 0 Å². The molecule has 96 valence electrons. The number of hydrogen-bond donors (Lipinski definition) is 1. The van der Waals surface area contributed by atoms with E-state index in [9.17, 15) is 0 Å². The SMILES string of the molecule is COC(=N)c1ccc2c(n1)-c1ccccc1CCC2. The maximum Gasteiger partial charge on any atom is 0.232 e. The van der Waals surface area contributed by atoms with Crippen molar-refractivity contribution in [3.8, 4) is 11.3 Å². The number of aryl methyl sites for hydroxylation is 2. The number of nitrogens with zero attached hydrogens (tertiary/aromatic N) is 1. The minimum absolute atomic E-state index is 0.115. The van der Waals surface area contributed by atoms with Gasteiger partial charge in [0.25, 0.3) is 0 Å². The Morgan fingerprint density at radius 2 is 1.89 bits per heavy atom. The van der Waals surface area contributed by atoms with E-state index in [1.807, 2.05) is 12.1 Å². The highest BCUT2D eigenvalue weighted by molar-refractivity contribution is 5.90. The number of methoxy groups -OCH3 is 1. The first-order valence-electron chi connectivity index (χ1n) is 6.50. The highest BCUT2D eigenvalue weighted by atomic mass is 16.5. The van der Waals surface area contributed by atoms with E-state index in [1.54, 1.807) is 0 Å². The summed E-state index contributed by atoms with van der Waals surface area (Å²) in [5, 5.41) is 7.75. The van der Waals surface area contributed by atoms with Gasteiger partial charge in [0.2, 0.25) is 5.90 Å². The molecule has 0 spiro atoms. The van der Waals surface area contributed by atoms with Gasteiger partial charge in [-0.1, -0.05) is 30.3 Å². The smallest absolute Gasteiger partial charge is 0.232 e. The molecule has 1 heterocycles. The Morgan fingerprint density at radius 1 is 1.11 bits per heavy atom. The van der Waals surface area contributed by atoms with E-state index < -0.39 is 0 Å². The molecule has 1 N–H and O–H groups in total. The molecular weight excluding hydrogens is 236 g/mol. The molecular formula is C16H16N2O. The van der Waals surface area contributed by atoms with Crippen LogP contribution in [0.2, 0.25) is 0 Å². The van der Waals surface area contributed by atoms with Crippen LogP contribution in [0.3, 0.4) is 0 Å². The van der Waals surface area contributed by atoms with E-state index in [1.165, 1.54) is 23.8 Å². The average Bonchev–Trinajstić information content (AvgIpc) is 2.65. The summed E-state index contributed by atoms with van der Waals surface area (Å²) in [5.41, 5.74) is 5.40. The Bertz CT molecular complexity index is 634. The van der Waals surface area contributed by atoms with Crippen LogP contribution < -0.4 is 0 Å². The molecule has 0 saturated heterocycles. The number of benzene rings is 1. The molecule has 0 radical (unpaired) electrons. The molecule has 0 aliphatic heterocycles. The average molecular weight is 252 g/mol. The van der Waals surface area contributed by atoms with E-state index in [0.29, 0.717) is 5.69 Å². The minimum Gasteiger partial charge on any atom is -0.480 e. The van der Waals surface area contributed by atoms with Crippen LogP contribution in [0.4, 0.5) is 0 Å². The van der Waals surface area contributed by atoms with Gasteiger partial charge in [0.15, 0.2) is 0 Å². The Labute approximate surface area is 112 Å². The van der Waals surface area contributed by atoms with Crippen molar-refractivity contribution in [3.05, 3.63) is 53.2 Å². The fraction of sp³-hybridized carbons (Fsp3) is 0.250. The summed E-state index contributed by atoms with van der Waals surface area (Å²) < 4.78 is 4.97. The van der Waals surface area contributed by atoms with Gasteiger partial charge in [0.05, 0.1) is 12.8 Å². The summed E-state index contributed by atoms with van der Waals surface area (Å²) in [6.07, 6.45) is 3.27. The summed E-state index contributed by atoms with van der Waals surface area (Å²) in [4.78, 5) is 4.64. The zero-order valence-electron chi connectivity index (χ0n) is 10.9. The second kappa shape index (κ2) is 4.84. The van der Waals surface area contributed by atoms with Crippen LogP contribution in [-0.2, 0) is 17.6 Å². The third-order valence-corrected chi connectivity index (χ3v) is 3.58. The number of nitrogens with one attached hydrogen (secondary N) is 1. The molecule has 3 nitrogen and oxygen atoms in total. The van der Waals surface area contributed by atoms with Gasteiger partial charge in [0.1, 0.15) is 5.69 Å². The van der Waals surface area contributed by atoms with Crippen molar-refractivity contribution < 1.29 is 4.74 Å². The monoisotopic (exact) mass is 252 g/mol. The highest BCUT2D eigenvalue weighted by Gasteiger charge is 2.16. The Balaban J connectivity index is 2.18. The van der Waals surface area contributed by atoms with Crippen molar-refractivity contribution in [1.82, 2.24) is 4.98 Å². The van der Waals surface area contributed by atoms with Crippen LogP contribution in [0.15, 0.2) is 36.4 Å². The fourth-order valence-corrected chi connectivity index (χ4v) is 2.59. The number of hydrogen-bond acceptors (Lipinski definition) is 3. The molecule has 1 aliphatic rings. The standard InChI is InChI=1S/C16H16N2O/c1-19-16(17)14-10-9-12-7-4-6-11-5-2-3-8-13(11)15(12)18-14/h2-3,5,8-10,17H,4,6-7H2,1H3. The molecule has 1 aromatic carbocycles. The molecule has 1 aliphatic carbocycles. The first-order chi connectivity index (χ1) is 9.29. The lowest BCUT2D eigenvalue weighted by atomic mass is 10.0. The van der Waals surface area contributed by atoms with Crippen molar-refractivity contribution in [2.24, 2.45) is 0 Å². The van der Waals surface area contributed by atoms with E-state index in [4.69, 9.17) is 10.1 Å². The summed E-state index contributed by atoms with van der Waals surface area (Å²) in [5.74, 6) is 0.115. The van der Waals surface area contributed by atoms with Crippen molar-refractivity contribution in [1.29, 1.82) is 5.41 Å². The molecule has 0 unspecified atom stereocenters. The second-order valence-electron chi connectivity index (χ2n) is 4.75. The number of pyridine rings is 1. The number of rotatable bonds is 1. The second-order valence-corrected chi connectivity index (χ2v) is 4.75. The van der Waals surface area contributed by atoms with Crippen LogP contribution in [-0.4, -0.2) is 18.0 Å². The van der Waals surface area contributed by atoms with Gasteiger partial charge in [0, 0.05) is 5.56 Å². The van der Waals surface area contributed by atoms with Crippen LogP contribution in [0.25, 0.3) is 11.3 Å². The summed E-state index contributed by atoms with van der Waals surface area (Å²) in [6, 6.07) is 12.4. The largest absolute Gasteiger partial charge is 0.480 e. The molecule has 3 heteroatoms. The molecule has 0 amide bonds. The topological polar surface area (TPSA) is 46.0 Å². The molecule has 0 saturated carbocycles. The molecule has 3 rings (SSSR count). The Morgan fingerprint density at radius 3 is 2.74 bits per heavy atom. The lowest BCUT2D eigenvalue weighted by Gasteiger charge is -2.10. The first kappa shape index (κ1) is 11.9. The molecule has 2 aromatic rings. The number of fused-ring (bicyclic) bond motifs is 3. The van der Waals surface area contributed by atoms with Crippen LogP contribution in [0.1, 0.15) is 23.2 Å². The van der Waals surface area contributed by atoms with Crippen molar-refractivity contribution >= 4 is 5.90 Å². The lowest BCUT2D eigenvalue weighted by molar-refractivity contribution is 0.399. The Kier molecular flexibility index (Phi) is 3.03. The zero-order chi connectivity index (χ0) is 13.2. The van der Waals surface area contributed by atoms with E-state index in [0.717, 1.165) is 25.0 Å². The molecule has 1 aromatic heterocycles. The fourth-order valence-electron chi connectivity index (χ4n) is 2.59. The van der Waals surface area contributed by atoms with E-state index in [2.05, 4.69) is 29.2 Å². The van der Waals surface area contributed by atoms with E-state index >= 15 is 0 Å². The quantitative estimate of drug-likeness (QED) is 0.625. The van der Waals surface area contributed by atoms with Crippen LogP contribution in [0, 0.1) is 5.41 Å². The maximum atomic E-state index is 7.75. The molecule has 0 bridgehead atoms. The molecule has 0 fully saturated rings. The number of aromatic nitrogens is 1. The van der Waals surface area contributed by atoms with Crippen molar-refractivity contribution in [2.75, 3.05) is 7.11 Å². The van der Waals surface area contributed by atoms with Gasteiger partial charge in [-0.25, -0.2) is 4.98 Å². The van der Waals surface area contributed by atoms with Gasteiger partial charge >= 0.3 is 0 Å².